The number of carbonyl (C=O) groups is 1. The Bertz CT molecular complexity index is 643. The summed E-state index contributed by atoms with van der Waals surface area (Å²) in [5.74, 6) is -0.461. The molecule has 0 aliphatic carbocycles. The molecule has 1 unspecified atom stereocenters. The number of aromatic nitrogens is 1. The first-order valence-corrected chi connectivity index (χ1v) is 7.22. The van der Waals surface area contributed by atoms with Gasteiger partial charge >= 0.3 is 0 Å². The van der Waals surface area contributed by atoms with E-state index in [4.69, 9.17) is 10.5 Å². The summed E-state index contributed by atoms with van der Waals surface area (Å²) in [5.41, 5.74) is 6.77. The van der Waals surface area contributed by atoms with E-state index in [-0.39, 0.29) is 24.1 Å². The largest absolute Gasteiger partial charge is 0.494 e. The maximum Gasteiger partial charge on any atom is 0.227 e. The first-order chi connectivity index (χ1) is 9.99. The van der Waals surface area contributed by atoms with E-state index in [0.717, 1.165) is 0 Å². The average Bonchev–Trinajstić information content (AvgIpc) is 2.86. The number of hydrogen-bond donors (Lipinski definition) is 2. The Morgan fingerprint density at radius 1 is 1.57 bits per heavy atom. The van der Waals surface area contributed by atoms with Gasteiger partial charge in [0.05, 0.1) is 12.8 Å². The monoisotopic (exact) mass is 309 g/mol. The first kappa shape index (κ1) is 15.4. The van der Waals surface area contributed by atoms with Crippen LogP contribution in [0.2, 0.25) is 0 Å². The highest BCUT2D eigenvalue weighted by Gasteiger charge is 2.11. The van der Waals surface area contributed by atoms with E-state index in [1.807, 2.05) is 0 Å². The maximum absolute atomic E-state index is 13.7. The molecule has 0 saturated heterocycles. The van der Waals surface area contributed by atoms with Gasteiger partial charge in [0.15, 0.2) is 16.7 Å². The Kier molecular flexibility index (Phi) is 4.87. The van der Waals surface area contributed by atoms with Crippen LogP contribution in [-0.2, 0) is 4.79 Å². The Morgan fingerprint density at radius 2 is 2.33 bits per heavy atom. The molecule has 2 aromatic rings. The zero-order chi connectivity index (χ0) is 15.4. The summed E-state index contributed by atoms with van der Waals surface area (Å²) in [5, 5.41) is 4.89. The van der Waals surface area contributed by atoms with E-state index in [1.165, 1.54) is 24.5 Å². The van der Waals surface area contributed by atoms with Crippen LogP contribution >= 0.6 is 11.3 Å². The number of benzene rings is 1. The van der Waals surface area contributed by atoms with Gasteiger partial charge in [0, 0.05) is 23.4 Å². The van der Waals surface area contributed by atoms with Gasteiger partial charge in [-0.25, -0.2) is 9.37 Å². The van der Waals surface area contributed by atoms with E-state index in [9.17, 15) is 9.18 Å². The van der Waals surface area contributed by atoms with E-state index in [1.54, 1.807) is 24.4 Å². The highest BCUT2D eigenvalue weighted by molar-refractivity contribution is 7.14. The van der Waals surface area contributed by atoms with Crippen LogP contribution in [0.4, 0.5) is 9.52 Å². The highest BCUT2D eigenvalue weighted by atomic mass is 32.1. The number of amides is 1. The maximum atomic E-state index is 13.7. The van der Waals surface area contributed by atoms with Crippen LogP contribution in [0.5, 0.6) is 5.75 Å². The van der Waals surface area contributed by atoms with E-state index >= 15 is 0 Å². The minimum atomic E-state index is -0.453. The quantitative estimate of drug-likeness (QED) is 0.890. The topological polar surface area (TPSA) is 77.2 Å². The number of nitrogens with two attached hydrogens (primary N) is 1. The summed E-state index contributed by atoms with van der Waals surface area (Å²) >= 11 is 1.28. The van der Waals surface area contributed by atoms with Crippen molar-refractivity contribution in [3.63, 3.8) is 0 Å². The molecule has 112 valence electrons. The summed E-state index contributed by atoms with van der Waals surface area (Å²) in [4.78, 5) is 15.9. The highest BCUT2D eigenvalue weighted by Crippen LogP contribution is 2.28. The van der Waals surface area contributed by atoms with Crippen molar-refractivity contribution >= 4 is 22.4 Å². The summed E-state index contributed by atoms with van der Waals surface area (Å²) in [7, 11) is 1.41. The van der Waals surface area contributed by atoms with E-state index in [2.05, 4.69) is 10.3 Å². The number of nitrogens with one attached hydrogen (secondary N) is 1. The Balaban J connectivity index is 2.12. The molecular formula is C14H16FN3O2S. The van der Waals surface area contributed by atoms with Crippen LogP contribution < -0.4 is 15.8 Å². The molecule has 3 N–H and O–H groups in total. The molecule has 1 amide bonds. The number of thiazole rings is 1. The lowest BCUT2D eigenvalue weighted by Crippen LogP contribution is -2.23. The van der Waals surface area contributed by atoms with Gasteiger partial charge in [-0.15, -0.1) is 11.3 Å². The van der Waals surface area contributed by atoms with Crippen molar-refractivity contribution in [2.75, 3.05) is 12.4 Å². The first-order valence-electron chi connectivity index (χ1n) is 6.34. The minimum absolute atomic E-state index is 0.180. The lowest BCUT2D eigenvalue weighted by atomic mass is 10.1. The molecule has 7 heteroatoms. The number of nitrogens with zero attached hydrogens (tertiary/aromatic N) is 1. The van der Waals surface area contributed by atoms with Gasteiger partial charge in [0.1, 0.15) is 0 Å². The van der Waals surface area contributed by atoms with E-state index in [0.29, 0.717) is 16.4 Å². The molecule has 1 aromatic carbocycles. The third-order valence-electron chi connectivity index (χ3n) is 2.71. The normalized spacial score (nSPS) is 12.0. The van der Waals surface area contributed by atoms with Crippen molar-refractivity contribution in [2.24, 2.45) is 5.73 Å². The second-order valence-electron chi connectivity index (χ2n) is 4.62. The van der Waals surface area contributed by atoms with Gasteiger partial charge in [0.2, 0.25) is 5.91 Å². The summed E-state index contributed by atoms with van der Waals surface area (Å²) in [6, 6.07) is 4.39. The summed E-state index contributed by atoms with van der Waals surface area (Å²) in [6.45, 7) is 1.76. The van der Waals surface area contributed by atoms with Crippen molar-refractivity contribution < 1.29 is 13.9 Å². The zero-order valence-electron chi connectivity index (χ0n) is 11.7. The van der Waals surface area contributed by atoms with Gasteiger partial charge < -0.3 is 15.8 Å². The zero-order valence-corrected chi connectivity index (χ0v) is 12.5. The summed E-state index contributed by atoms with van der Waals surface area (Å²) < 4.78 is 18.5. The molecule has 1 aromatic heterocycles. The Hall–Kier alpha value is -1.99. The number of methoxy groups -OCH3 is 1. The smallest absolute Gasteiger partial charge is 0.227 e. The molecule has 21 heavy (non-hydrogen) atoms. The third-order valence-corrected chi connectivity index (χ3v) is 3.46. The van der Waals surface area contributed by atoms with Gasteiger partial charge in [-0.2, -0.15) is 0 Å². The molecule has 1 atom stereocenters. The van der Waals surface area contributed by atoms with Crippen molar-refractivity contribution in [2.45, 2.75) is 19.4 Å². The molecular weight excluding hydrogens is 293 g/mol. The number of halogens is 1. The minimum Gasteiger partial charge on any atom is -0.494 e. The molecule has 1 heterocycles. The predicted molar refractivity (Wildman–Crippen MR) is 81.0 cm³/mol. The fraction of sp³-hybridized carbons (Fsp3) is 0.286. The van der Waals surface area contributed by atoms with Crippen LogP contribution in [0.1, 0.15) is 13.3 Å². The standard InChI is InChI=1S/C14H16FN3O2S/c1-8(16)5-13(19)18-14-17-11(7-21-14)9-3-4-12(20-2)10(15)6-9/h3-4,6-8H,5,16H2,1-2H3,(H,17,18,19). The van der Waals surface area contributed by atoms with Crippen molar-refractivity contribution in [3.8, 4) is 17.0 Å². The molecule has 2 rings (SSSR count). The molecule has 0 fully saturated rings. The average molecular weight is 309 g/mol. The third kappa shape index (κ3) is 3.99. The number of ether oxygens (including phenoxy) is 1. The predicted octanol–water partition coefficient (Wildman–Crippen LogP) is 2.63. The number of carbonyl (C=O) groups excluding carboxylic acids is 1. The van der Waals surface area contributed by atoms with Crippen LogP contribution in [0.25, 0.3) is 11.3 Å². The van der Waals surface area contributed by atoms with Crippen LogP contribution in [0.15, 0.2) is 23.6 Å². The molecule has 5 nitrogen and oxygen atoms in total. The fourth-order valence-electron chi connectivity index (χ4n) is 1.75. The van der Waals surface area contributed by atoms with Crippen LogP contribution in [0.3, 0.4) is 0 Å². The van der Waals surface area contributed by atoms with Crippen molar-refractivity contribution in [1.82, 2.24) is 4.98 Å². The SMILES string of the molecule is COc1ccc(-c2csc(NC(=O)CC(C)N)n2)cc1F. The molecule has 0 aliphatic rings. The molecule has 0 radical (unpaired) electrons. The van der Waals surface area contributed by atoms with Crippen molar-refractivity contribution in [3.05, 3.63) is 29.4 Å². The molecule has 0 spiro atoms. The molecule has 0 saturated carbocycles. The van der Waals surface area contributed by atoms with Gasteiger partial charge in [-0.3, -0.25) is 4.79 Å². The van der Waals surface area contributed by atoms with Gasteiger partial charge in [0.25, 0.3) is 0 Å². The van der Waals surface area contributed by atoms with Gasteiger partial charge in [-0.05, 0) is 25.1 Å². The van der Waals surface area contributed by atoms with Gasteiger partial charge in [-0.1, -0.05) is 0 Å². The Morgan fingerprint density at radius 3 is 2.95 bits per heavy atom. The molecule has 0 aliphatic heterocycles. The van der Waals surface area contributed by atoms with E-state index < -0.39 is 5.82 Å². The number of hydrogen-bond acceptors (Lipinski definition) is 5. The van der Waals surface area contributed by atoms with Crippen molar-refractivity contribution in [1.29, 1.82) is 0 Å². The Labute approximate surface area is 126 Å². The van der Waals surface area contributed by atoms with Crippen LogP contribution in [0, 0.1) is 5.82 Å². The second kappa shape index (κ2) is 6.64. The second-order valence-corrected chi connectivity index (χ2v) is 5.47. The molecule has 0 bridgehead atoms. The fourth-order valence-corrected chi connectivity index (χ4v) is 2.49. The lowest BCUT2D eigenvalue weighted by molar-refractivity contribution is -0.116. The summed E-state index contributed by atoms with van der Waals surface area (Å²) in [6.07, 6.45) is 0.228. The lowest BCUT2D eigenvalue weighted by Gasteiger charge is -2.04. The number of rotatable bonds is 5. The van der Waals surface area contributed by atoms with Crippen LogP contribution in [-0.4, -0.2) is 24.0 Å². The number of anilines is 1.